The van der Waals surface area contributed by atoms with Crippen molar-refractivity contribution >= 4 is 55.9 Å². The van der Waals surface area contributed by atoms with Gasteiger partial charge in [-0.2, -0.15) is 0 Å². The van der Waals surface area contributed by atoms with E-state index >= 15 is 0 Å². The first kappa shape index (κ1) is 43.1. The lowest BCUT2D eigenvalue weighted by Gasteiger charge is -2.47. The average molecular weight is 1400 g/mol. The van der Waals surface area contributed by atoms with E-state index in [-0.39, 0.29) is 89.3 Å². The second-order valence-electron chi connectivity index (χ2n) is 32.1. The van der Waals surface area contributed by atoms with Crippen molar-refractivity contribution in [1.29, 1.82) is 0 Å². The van der Waals surface area contributed by atoms with Gasteiger partial charge in [-0.05, 0) is 195 Å². The molecule has 0 bridgehead atoms. The van der Waals surface area contributed by atoms with Gasteiger partial charge < -0.3 is 14.4 Å². The van der Waals surface area contributed by atoms with Crippen molar-refractivity contribution in [2.24, 2.45) is 0 Å². The van der Waals surface area contributed by atoms with Crippen LogP contribution in [0.15, 0.2) is 309 Å². The molecule has 1 aliphatic carbocycles. The molecule has 0 amide bonds. The molecule has 18 rings (SSSR count). The number of fused-ring (bicyclic) bond motifs is 9. The van der Waals surface area contributed by atoms with Gasteiger partial charge in [0.15, 0.2) is 0 Å². The Bertz CT molecular complexity index is 7350. The summed E-state index contributed by atoms with van der Waals surface area (Å²) in [6.07, 6.45) is 0.455. The molecule has 3 heteroatoms. The van der Waals surface area contributed by atoms with Gasteiger partial charge in [-0.1, -0.05) is 319 Å². The van der Waals surface area contributed by atoms with Gasteiger partial charge >= 0.3 is 0 Å². The molecule has 15 aromatic rings. The summed E-state index contributed by atoms with van der Waals surface area (Å²) in [4.78, 5) is 3.62. The highest BCUT2D eigenvalue weighted by atomic mass is 15.2. The van der Waals surface area contributed by atoms with Crippen LogP contribution in [0.1, 0.15) is 199 Å². The van der Waals surface area contributed by atoms with Crippen molar-refractivity contribution in [1.82, 2.24) is 4.57 Å². The van der Waals surface area contributed by atoms with Crippen molar-refractivity contribution in [3.05, 3.63) is 375 Å². The minimum Gasteiger partial charge on any atom is -0.309 e. The average Bonchev–Trinajstić information content (AvgIpc) is 0.908. The highest BCUT2D eigenvalue weighted by Crippen LogP contribution is 2.66. The van der Waals surface area contributed by atoms with Gasteiger partial charge in [-0.25, -0.2) is 0 Å². The molecule has 518 valence electrons. The van der Waals surface area contributed by atoms with Crippen LogP contribution in [0.4, 0.5) is 34.1 Å². The number of aromatic nitrogens is 1. The first-order valence-electron chi connectivity index (χ1n) is 49.4. The van der Waals surface area contributed by atoms with E-state index in [0.29, 0.717) is 51.1 Å². The van der Waals surface area contributed by atoms with E-state index in [0.717, 1.165) is 45.0 Å². The van der Waals surface area contributed by atoms with Crippen LogP contribution in [-0.2, 0) is 28.1 Å². The lowest BCUT2D eigenvalue weighted by atomic mass is 9.71. The summed E-state index contributed by atoms with van der Waals surface area (Å²) in [5.74, 6) is -2.02. The molecule has 1 unspecified atom stereocenters. The summed E-state index contributed by atoms with van der Waals surface area (Å²) in [5.41, 5.74) is 4.60. The molecule has 14 aromatic carbocycles. The van der Waals surface area contributed by atoms with Crippen LogP contribution < -0.4 is 9.80 Å². The van der Waals surface area contributed by atoms with Gasteiger partial charge in [0, 0.05) is 56.1 Å². The van der Waals surface area contributed by atoms with E-state index in [2.05, 4.69) is 59.7 Å². The maximum Gasteiger partial charge on any atom is 0.0645 e. The molecule has 3 aliphatic rings. The topological polar surface area (TPSA) is 11.4 Å². The standard InChI is InChI=1S/C103H91N3/c1-100(2,3)74-54-72(55-75(59-74)101(4,5)6)69-49-52-91-88(56-69)96-83-51-50-78(104-89-47-31-29-45-81(89)82-46-30-32-48-90(82)104)64-92(83)106(99-86(67-37-21-15-22-38-67)62-77(103(10,11)12)63-87(99)68-39-23-16-24-40-68)94-58-73(95-79-43-27-25-41-70(79)53-71-42-26-28-44-80(71)95)57-93(97(94)96)105(91)98-84(65-33-17-13-18-34-65)60-76(102(7,8)9)61-85(98)66-35-19-14-20-36-66/h13-52,54-64,95-96H,53H2,1-12H3/i13D,15D,16D,17D,18D,19D,20D,21D,22D,23D,24D,29D,30D,31D,32D,33D,34D,35D,36D,37D,38D,39D,40D,45D,46D,47D,48D. The molecule has 0 radical (unpaired) electrons. The van der Waals surface area contributed by atoms with E-state index in [1.807, 2.05) is 125 Å². The predicted octanol–water partition coefficient (Wildman–Crippen LogP) is 28.1. The summed E-state index contributed by atoms with van der Waals surface area (Å²) < 4.78 is 265. The third kappa shape index (κ3) is 11.2. The Morgan fingerprint density at radius 1 is 0.302 bits per heavy atom. The minimum absolute atomic E-state index is 0.00469. The maximum absolute atomic E-state index is 10.3. The molecular formula is C103H91N3. The van der Waals surface area contributed by atoms with Crippen molar-refractivity contribution in [3.63, 3.8) is 0 Å². The van der Waals surface area contributed by atoms with Crippen LogP contribution in [0, 0.1) is 0 Å². The van der Waals surface area contributed by atoms with Gasteiger partial charge in [-0.15, -0.1) is 0 Å². The lowest BCUT2D eigenvalue weighted by Crippen LogP contribution is -2.31. The van der Waals surface area contributed by atoms with Crippen LogP contribution in [0.5, 0.6) is 0 Å². The normalized spacial score (nSPS) is 17.8. The predicted molar refractivity (Wildman–Crippen MR) is 450 cm³/mol. The first-order valence-corrected chi connectivity index (χ1v) is 35.9. The van der Waals surface area contributed by atoms with Gasteiger partial charge in [-0.3, -0.25) is 0 Å². The van der Waals surface area contributed by atoms with Crippen molar-refractivity contribution in [2.45, 2.75) is 123 Å². The van der Waals surface area contributed by atoms with E-state index in [1.54, 1.807) is 47.4 Å². The Morgan fingerprint density at radius 2 is 0.717 bits per heavy atom. The van der Waals surface area contributed by atoms with Crippen molar-refractivity contribution in [3.8, 4) is 61.3 Å². The molecule has 0 saturated carbocycles. The Kier molecular flexibility index (Phi) is 10.2. The molecule has 0 spiro atoms. The van der Waals surface area contributed by atoms with Crippen molar-refractivity contribution < 1.29 is 37.0 Å². The Balaban J connectivity index is 1.16. The third-order valence-electron chi connectivity index (χ3n) is 21.3. The number of hydrogen-bond donors (Lipinski definition) is 0. The molecular weight excluding hydrogens is 1280 g/mol. The molecule has 0 fully saturated rings. The zero-order valence-corrected chi connectivity index (χ0v) is 61.1. The van der Waals surface area contributed by atoms with E-state index in [1.165, 1.54) is 4.57 Å². The van der Waals surface area contributed by atoms with Gasteiger partial charge in [0.2, 0.25) is 0 Å². The van der Waals surface area contributed by atoms with Crippen molar-refractivity contribution in [2.75, 3.05) is 9.80 Å². The fourth-order valence-electron chi connectivity index (χ4n) is 16.0. The smallest absolute Gasteiger partial charge is 0.0645 e. The summed E-state index contributed by atoms with van der Waals surface area (Å²) in [6.45, 7) is 24.0. The van der Waals surface area contributed by atoms with E-state index in [9.17, 15) is 37.0 Å². The van der Waals surface area contributed by atoms with Crippen LogP contribution >= 0.6 is 0 Å². The summed E-state index contributed by atoms with van der Waals surface area (Å²) in [7, 11) is 0. The molecule has 3 nitrogen and oxygen atoms in total. The fraction of sp³-hybridized carbons (Fsp3) is 0.184. The fourth-order valence-corrected chi connectivity index (χ4v) is 16.0. The highest BCUT2D eigenvalue weighted by molar-refractivity contribution is 6.11. The first-order chi connectivity index (χ1) is 62.3. The maximum atomic E-state index is 10.3. The van der Waals surface area contributed by atoms with Crippen LogP contribution in [-0.4, -0.2) is 4.57 Å². The molecule has 2 aliphatic heterocycles. The summed E-state index contributed by atoms with van der Waals surface area (Å²) >= 11 is 0. The number of benzene rings is 14. The third-order valence-corrected chi connectivity index (χ3v) is 21.3. The Labute approximate surface area is 664 Å². The number of para-hydroxylation sites is 2. The Hall–Kier alpha value is -11.5. The second kappa shape index (κ2) is 25.1. The number of hydrogen-bond acceptors (Lipinski definition) is 2. The molecule has 1 atom stereocenters. The quantitative estimate of drug-likeness (QED) is 0.143. The summed E-state index contributed by atoms with van der Waals surface area (Å²) in [5, 5.41) is -0.527. The SMILES string of the molecule is [2H]c1cc([2H])c([2H])c(-c2cc(C(C)(C)C)cc(-c3c([2H])c([2H])c([2H])c([2H])c3[2H])c2N2c3ccc(-c4cc(C(C)(C)C)cc(C(C)(C)C)c4)cc3C3c4ccc(-n5c6c([2H])c([2H])c([2H])c([2H])c6c6c([2H])c([2H])c([2H])c([2H])c65)cc4N(c4c(-c5c([2H])c([2H])c([2H])c([2H])c5[2H])cc(C(C)(C)C)cc4-c4c([2H])c([2H])c([2H])c([2H])c4[2H])c4cc(C5c6ccccc6Cc6ccccc65)cc2c43)c1[2H]. The molecule has 3 heterocycles. The second-order valence-corrected chi connectivity index (χ2v) is 32.1. The largest absolute Gasteiger partial charge is 0.309 e. The number of anilines is 6. The van der Waals surface area contributed by atoms with E-state index in [4.69, 9.17) is 0 Å². The molecule has 0 N–H and O–H groups in total. The minimum atomic E-state index is -1.20. The highest BCUT2D eigenvalue weighted by Gasteiger charge is 2.45. The van der Waals surface area contributed by atoms with Gasteiger partial charge in [0.25, 0.3) is 0 Å². The van der Waals surface area contributed by atoms with Crippen LogP contribution in [0.25, 0.3) is 83.1 Å². The monoisotopic (exact) mass is 1400 g/mol. The van der Waals surface area contributed by atoms with Gasteiger partial charge in [0.1, 0.15) is 0 Å². The zero-order valence-electron chi connectivity index (χ0n) is 88.1. The lowest BCUT2D eigenvalue weighted by molar-refractivity contribution is 0.569. The van der Waals surface area contributed by atoms with Crippen LogP contribution in [0.2, 0.25) is 0 Å². The Morgan fingerprint density at radius 3 is 1.18 bits per heavy atom. The number of rotatable bonds is 9. The zero-order chi connectivity index (χ0) is 96.2. The molecule has 1 aromatic heterocycles. The molecule has 106 heavy (non-hydrogen) atoms. The van der Waals surface area contributed by atoms with Crippen LogP contribution in [0.3, 0.4) is 0 Å². The summed E-state index contributed by atoms with van der Waals surface area (Å²) in [6, 6.07) is 26.7. The van der Waals surface area contributed by atoms with E-state index < -0.39 is 208 Å². The molecule has 0 saturated heterocycles. The number of nitrogens with zero attached hydrogens (tertiary/aromatic N) is 3. The van der Waals surface area contributed by atoms with Gasteiger partial charge in [0.05, 0.1) is 82.2 Å².